The fourth-order valence-corrected chi connectivity index (χ4v) is 9.35. The molecule has 3 fully saturated rings. The van der Waals surface area contributed by atoms with E-state index >= 15 is 0 Å². The van der Waals surface area contributed by atoms with E-state index in [1.807, 2.05) is 6.92 Å². The summed E-state index contributed by atoms with van der Waals surface area (Å²) >= 11 is 0. The molecule has 2 N–H and O–H groups in total. The van der Waals surface area contributed by atoms with Crippen molar-refractivity contribution in [1.29, 1.82) is 0 Å². The molecule has 5 rings (SSSR count). The van der Waals surface area contributed by atoms with Crippen LogP contribution >= 0.6 is 0 Å². The van der Waals surface area contributed by atoms with Crippen LogP contribution < -0.4 is 0 Å². The van der Waals surface area contributed by atoms with Crippen LogP contribution in [0, 0.1) is 39.4 Å². The lowest BCUT2D eigenvalue weighted by Crippen LogP contribution is -2.54. The Bertz CT molecular complexity index is 872. The molecule has 9 unspecified atom stereocenters. The molecular weight excluding hydrogens is 408 g/mol. The molecule has 9 atom stereocenters. The summed E-state index contributed by atoms with van der Waals surface area (Å²) in [4.78, 5) is 0. The van der Waals surface area contributed by atoms with Crippen molar-refractivity contribution in [2.45, 2.75) is 118 Å². The van der Waals surface area contributed by atoms with Crippen LogP contribution in [0.3, 0.4) is 0 Å². The first-order valence-corrected chi connectivity index (χ1v) is 13.7. The van der Waals surface area contributed by atoms with Gasteiger partial charge >= 0.3 is 0 Å². The highest BCUT2D eigenvalue weighted by Gasteiger charge is 2.63. The van der Waals surface area contributed by atoms with E-state index in [0.717, 1.165) is 31.6 Å². The fourth-order valence-electron chi connectivity index (χ4n) is 9.35. The summed E-state index contributed by atoms with van der Waals surface area (Å²) in [5, 5.41) is 20.4. The first-order valence-electron chi connectivity index (χ1n) is 13.7. The Kier molecular flexibility index (Phi) is 5.42. The number of fused-ring (bicyclic) bond motifs is 5. The van der Waals surface area contributed by atoms with E-state index in [1.54, 1.807) is 11.1 Å². The zero-order chi connectivity index (χ0) is 24.0. The number of rotatable bonds is 5. The van der Waals surface area contributed by atoms with Gasteiger partial charge in [0.25, 0.3) is 0 Å². The van der Waals surface area contributed by atoms with Gasteiger partial charge in [-0.1, -0.05) is 53.7 Å². The number of ether oxygens (including phenoxy) is 1. The first kappa shape index (κ1) is 24.1. The smallest absolute Gasteiger partial charge is 0.115 e. The number of hydrogen-bond donors (Lipinski definition) is 2. The fraction of sp³-hybridized carbons (Fsp3) is 0.867. The van der Waals surface area contributed by atoms with Gasteiger partial charge in [-0.15, -0.1) is 0 Å². The Hall–Kier alpha value is -0.640. The van der Waals surface area contributed by atoms with E-state index in [9.17, 15) is 10.2 Å². The third-order valence-corrected chi connectivity index (χ3v) is 12.2. The molecule has 0 amide bonds. The minimum Gasteiger partial charge on any atom is -0.393 e. The minimum absolute atomic E-state index is 0.0296. The molecule has 0 bridgehead atoms. The summed E-state index contributed by atoms with van der Waals surface area (Å²) in [6.07, 6.45) is 14.5. The van der Waals surface area contributed by atoms with Gasteiger partial charge in [-0.3, -0.25) is 0 Å². The Balaban J connectivity index is 1.40. The molecular formula is C30H48O3. The molecule has 0 aromatic rings. The van der Waals surface area contributed by atoms with E-state index in [4.69, 9.17) is 4.74 Å². The van der Waals surface area contributed by atoms with E-state index in [0.29, 0.717) is 17.3 Å². The van der Waals surface area contributed by atoms with Crippen LogP contribution in [0.25, 0.3) is 0 Å². The van der Waals surface area contributed by atoms with Crippen LogP contribution in [-0.2, 0) is 4.74 Å². The van der Waals surface area contributed by atoms with Gasteiger partial charge in [-0.2, -0.15) is 0 Å². The van der Waals surface area contributed by atoms with E-state index in [-0.39, 0.29) is 40.7 Å². The Labute approximate surface area is 202 Å². The molecule has 1 heterocycles. The summed E-state index contributed by atoms with van der Waals surface area (Å²) < 4.78 is 5.79. The molecule has 1 saturated heterocycles. The van der Waals surface area contributed by atoms with Crippen LogP contribution in [0.5, 0.6) is 0 Å². The average Bonchev–Trinajstić information content (AvgIpc) is 3.33. The SMILES string of the molecule is CC(CCC1OC1(C)CO)C1CCC2(C)C3=CCC4C(C)(CCC(O)C4(C)C)C3=CCC12C. The number of epoxide rings is 1. The van der Waals surface area contributed by atoms with Crippen LogP contribution in [0.15, 0.2) is 23.3 Å². The maximum absolute atomic E-state index is 10.8. The average molecular weight is 457 g/mol. The molecule has 0 radical (unpaired) electrons. The summed E-state index contributed by atoms with van der Waals surface area (Å²) in [6.45, 7) is 16.9. The molecule has 186 valence electrons. The maximum atomic E-state index is 10.8. The highest BCUT2D eigenvalue weighted by atomic mass is 16.6. The van der Waals surface area contributed by atoms with Gasteiger partial charge in [0, 0.05) is 0 Å². The molecule has 3 heteroatoms. The standard InChI is InChI=1S/C30H48O3/c1-19(8-11-25-30(7,18-31)33-25)20-12-16-29(6)22-9-10-23-26(2,3)24(32)14-15-27(23,4)21(22)13-17-28(20,29)5/h9,13,19-20,23-25,31-32H,8,10-12,14-18H2,1-7H3. The second-order valence-corrected chi connectivity index (χ2v) is 14.0. The number of allylic oxidation sites excluding steroid dienone is 4. The summed E-state index contributed by atoms with van der Waals surface area (Å²) in [5.74, 6) is 1.93. The van der Waals surface area contributed by atoms with Crippen LogP contribution in [0.4, 0.5) is 0 Å². The second-order valence-electron chi connectivity index (χ2n) is 14.0. The predicted molar refractivity (Wildman–Crippen MR) is 134 cm³/mol. The van der Waals surface area contributed by atoms with Gasteiger partial charge in [0.05, 0.1) is 18.8 Å². The zero-order valence-electron chi connectivity index (χ0n) is 22.2. The lowest BCUT2D eigenvalue weighted by atomic mass is 9.44. The predicted octanol–water partition coefficient (Wildman–Crippen LogP) is 6.44. The number of aliphatic hydroxyl groups is 2. The maximum Gasteiger partial charge on any atom is 0.115 e. The Morgan fingerprint density at radius 1 is 1.03 bits per heavy atom. The second kappa shape index (κ2) is 7.43. The lowest BCUT2D eigenvalue weighted by molar-refractivity contribution is -0.0851. The number of hydrogen-bond acceptors (Lipinski definition) is 3. The van der Waals surface area contributed by atoms with Crippen molar-refractivity contribution >= 4 is 0 Å². The van der Waals surface area contributed by atoms with Gasteiger partial charge < -0.3 is 14.9 Å². The van der Waals surface area contributed by atoms with Crippen molar-refractivity contribution in [2.75, 3.05) is 6.61 Å². The van der Waals surface area contributed by atoms with Crippen LogP contribution in [0.2, 0.25) is 0 Å². The molecule has 3 nitrogen and oxygen atoms in total. The molecule has 1 aliphatic heterocycles. The van der Waals surface area contributed by atoms with Crippen molar-refractivity contribution in [3.63, 3.8) is 0 Å². The van der Waals surface area contributed by atoms with Gasteiger partial charge in [-0.25, -0.2) is 0 Å². The highest BCUT2D eigenvalue weighted by molar-refractivity contribution is 5.49. The van der Waals surface area contributed by atoms with E-state index in [2.05, 4.69) is 53.7 Å². The zero-order valence-corrected chi connectivity index (χ0v) is 22.2. The molecule has 33 heavy (non-hydrogen) atoms. The van der Waals surface area contributed by atoms with E-state index in [1.165, 1.54) is 25.7 Å². The third-order valence-electron chi connectivity index (χ3n) is 12.2. The normalized spacial score (nSPS) is 51.1. The van der Waals surface area contributed by atoms with Crippen LogP contribution in [-0.4, -0.2) is 34.6 Å². The van der Waals surface area contributed by atoms with E-state index < -0.39 is 0 Å². The molecule has 4 aliphatic carbocycles. The monoisotopic (exact) mass is 456 g/mol. The topological polar surface area (TPSA) is 53.0 Å². The summed E-state index contributed by atoms with van der Waals surface area (Å²) in [7, 11) is 0. The van der Waals surface area contributed by atoms with Gasteiger partial charge in [0.1, 0.15) is 5.60 Å². The molecule has 0 aromatic heterocycles. The summed E-state index contributed by atoms with van der Waals surface area (Å²) in [6, 6.07) is 0. The van der Waals surface area contributed by atoms with Crippen molar-refractivity contribution in [3.05, 3.63) is 23.3 Å². The largest absolute Gasteiger partial charge is 0.393 e. The first-order chi connectivity index (χ1) is 15.3. The van der Waals surface area contributed by atoms with Crippen LogP contribution in [0.1, 0.15) is 99.8 Å². The van der Waals surface area contributed by atoms with Gasteiger partial charge in [0.2, 0.25) is 0 Å². The third kappa shape index (κ3) is 3.17. The Morgan fingerprint density at radius 2 is 1.76 bits per heavy atom. The lowest BCUT2D eigenvalue weighted by Gasteiger charge is -2.61. The molecule has 0 spiro atoms. The van der Waals surface area contributed by atoms with Crippen molar-refractivity contribution < 1.29 is 14.9 Å². The van der Waals surface area contributed by atoms with Crippen molar-refractivity contribution in [3.8, 4) is 0 Å². The Morgan fingerprint density at radius 3 is 2.42 bits per heavy atom. The molecule has 0 aromatic carbocycles. The highest BCUT2D eigenvalue weighted by Crippen LogP contribution is 2.71. The van der Waals surface area contributed by atoms with Gasteiger partial charge in [-0.05, 0) is 109 Å². The minimum atomic E-state index is -0.281. The summed E-state index contributed by atoms with van der Waals surface area (Å²) in [5.41, 5.74) is 3.74. The molecule has 5 aliphatic rings. The number of aliphatic hydroxyl groups excluding tert-OH is 2. The quantitative estimate of drug-likeness (QED) is 0.468. The van der Waals surface area contributed by atoms with Crippen molar-refractivity contribution in [1.82, 2.24) is 0 Å². The molecule has 2 saturated carbocycles. The van der Waals surface area contributed by atoms with Gasteiger partial charge in [0.15, 0.2) is 0 Å². The van der Waals surface area contributed by atoms with Crippen molar-refractivity contribution in [2.24, 2.45) is 39.4 Å².